The number of H-pyrrole nitrogens is 2. The summed E-state index contributed by atoms with van der Waals surface area (Å²) in [5.74, 6) is 2.39. The second-order valence-electron chi connectivity index (χ2n) is 5.50. The molecule has 0 unspecified atom stereocenters. The minimum Gasteiger partial charge on any atom is -0.356 e. The molecule has 3 N–H and O–H groups in total. The van der Waals surface area contributed by atoms with Gasteiger partial charge < -0.3 is 10.3 Å². The Balaban J connectivity index is 1.75. The van der Waals surface area contributed by atoms with Crippen molar-refractivity contribution in [2.24, 2.45) is 10.2 Å². The maximum Gasteiger partial charge on any atom is 0.325 e. The van der Waals surface area contributed by atoms with Crippen LogP contribution in [0.15, 0.2) is 19.8 Å². The molecule has 1 aliphatic rings. The van der Waals surface area contributed by atoms with Gasteiger partial charge >= 0.3 is 5.69 Å². The van der Waals surface area contributed by atoms with Gasteiger partial charge in [0.2, 0.25) is 5.91 Å². The SMILES string of the molecule is C#CCCC1(CCNC(=O)CCc2c(C)[nH]c(=O)[nH]c2=O)N=N1. The highest BCUT2D eigenvalue weighted by Gasteiger charge is 2.38. The Morgan fingerprint density at radius 3 is 2.65 bits per heavy atom. The molecule has 2 heterocycles. The van der Waals surface area contributed by atoms with Crippen LogP contribution in [0.5, 0.6) is 0 Å². The maximum atomic E-state index is 11.8. The first kappa shape index (κ1) is 16.7. The van der Waals surface area contributed by atoms with Gasteiger partial charge in [0.05, 0.1) is 0 Å². The van der Waals surface area contributed by atoms with Crippen LogP contribution in [0.1, 0.15) is 36.9 Å². The number of amides is 1. The van der Waals surface area contributed by atoms with E-state index in [0.717, 1.165) is 0 Å². The number of terminal acetylenes is 1. The average Bonchev–Trinajstić information content (AvgIpc) is 3.24. The Kier molecular flexibility index (Phi) is 5.11. The average molecular weight is 317 g/mol. The van der Waals surface area contributed by atoms with Crippen molar-refractivity contribution in [2.45, 2.75) is 44.7 Å². The van der Waals surface area contributed by atoms with Crippen molar-refractivity contribution in [3.8, 4) is 12.3 Å². The molecule has 8 nitrogen and oxygen atoms in total. The van der Waals surface area contributed by atoms with Gasteiger partial charge in [0.1, 0.15) is 0 Å². The molecule has 1 amide bonds. The lowest BCUT2D eigenvalue weighted by Gasteiger charge is -2.10. The molecular formula is C15H19N5O3. The van der Waals surface area contributed by atoms with Gasteiger partial charge in [-0.3, -0.25) is 14.6 Å². The van der Waals surface area contributed by atoms with E-state index >= 15 is 0 Å². The van der Waals surface area contributed by atoms with Crippen molar-refractivity contribution >= 4 is 5.91 Å². The minimum atomic E-state index is -0.546. The van der Waals surface area contributed by atoms with Gasteiger partial charge in [0, 0.05) is 43.5 Å². The number of aromatic nitrogens is 2. The number of aromatic amines is 2. The maximum absolute atomic E-state index is 11.8. The summed E-state index contributed by atoms with van der Waals surface area (Å²) in [6.45, 7) is 2.09. The molecule has 1 aromatic heterocycles. The number of rotatable bonds is 8. The lowest BCUT2D eigenvalue weighted by atomic mass is 10.0. The topological polar surface area (TPSA) is 120 Å². The van der Waals surface area contributed by atoms with E-state index in [4.69, 9.17) is 6.42 Å². The summed E-state index contributed by atoms with van der Waals surface area (Å²) in [5.41, 5.74) is -0.516. The summed E-state index contributed by atoms with van der Waals surface area (Å²) in [5, 5.41) is 10.8. The summed E-state index contributed by atoms with van der Waals surface area (Å²) < 4.78 is 0. The number of hydrogen-bond acceptors (Lipinski definition) is 5. The quantitative estimate of drug-likeness (QED) is 0.601. The zero-order valence-corrected chi connectivity index (χ0v) is 12.9. The van der Waals surface area contributed by atoms with Crippen LogP contribution in [-0.4, -0.2) is 28.1 Å². The Morgan fingerprint density at radius 1 is 1.30 bits per heavy atom. The number of carbonyl (C=O) groups excluding carboxylic acids is 1. The highest BCUT2D eigenvalue weighted by Crippen LogP contribution is 2.35. The third kappa shape index (κ3) is 4.64. The Labute approximate surface area is 132 Å². The van der Waals surface area contributed by atoms with Gasteiger partial charge in [-0.15, -0.1) is 12.3 Å². The first-order chi connectivity index (χ1) is 11.0. The van der Waals surface area contributed by atoms with Crippen molar-refractivity contribution in [3.63, 3.8) is 0 Å². The van der Waals surface area contributed by atoms with Gasteiger partial charge in [0.25, 0.3) is 5.56 Å². The largest absolute Gasteiger partial charge is 0.356 e. The van der Waals surface area contributed by atoms with E-state index in [2.05, 4.69) is 31.4 Å². The molecule has 0 radical (unpaired) electrons. The van der Waals surface area contributed by atoms with Crippen molar-refractivity contribution in [3.05, 3.63) is 32.1 Å². The van der Waals surface area contributed by atoms with E-state index in [-0.39, 0.29) is 18.7 Å². The van der Waals surface area contributed by atoms with Crippen molar-refractivity contribution in [1.82, 2.24) is 15.3 Å². The Bertz CT molecular complexity index is 763. The van der Waals surface area contributed by atoms with Crippen LogP contribution in [0.4, 0.5) is 0 Å². The smallest absolute Gasteiger partial charge is 0.325 e. The summed E-state index contributed by atoms with van der Waals surface area (Å²) in [6.07, 6.45) is 7.58. The fourth-order valence-electron chi connectivity index (χ4n) is 2.32. The van der Waals surface area contributed by atoms with Crippen LogP contribution in [-0.2, 0) is 11.2 Å². The highest BCUT2D eigenvalue weighted by atomic mass is 16.2. The molecule has 0 bridgehead atoms. The van der Waals surface area contributed by atoms with E-state index in [1.165, 1.54) is 0 Å². The number of carbonyl (C=O) groups is 1. The number of hydrogen-bond donors (Lipinski definition) is 3. The Hall–Kier alpha value is -2.69. The molecule has 23 heavy (non-hydrogen) atoms. The van der Waals surface area contributed by atoms with E-state index in [0.29, 0.717) is 37.1 Å². The fraction of sp³-hybridized carbons (Fsp3) is 0.533. The zero-order valence-electron chi connectivity index (χ0n) is 12.9. The summed E-state index contributed by atoms with van der Waals surface area (Å²) in [4.78, 5) is 39.3. The van der Waals surface area contributed by atoms with E-state index in [9.17, 15) is 14.4 Å². The van der Waals surface area contributed by atoms with Crippen LogP contribution in [0.2, 0.25) is 0 Å². The molecule has 0 aromatic carbocycles. The molecule has 122 valence electrons. The number of nitrogens with zero attached hydrogens (tertiary/aromatic N) is 2. The molecule has 0 spiro atoms. The molecule has 1 aliphatic heterocycles. The van der Waals surface area contributed by atoms with Crippen LogP contribution in [0, 0.1) is 19.3 Å². The van der Waals surface area contributed by atoms with Gasteiger partial charge in [-0.05, 0) is 13.3 Å². The van der Waals surface area contributed by atoms with Crippen LogP contribution in [0.25, 0.3) is 0 Å². The highest BCUT2D eigenvalue weighted by molar-refractivity contribution is 5.76. The minimum absolute atomic E-state index is 0.164. The predicted octanol–water partition coefficient (Wildman–Crippen LogP) is 0.386. The number of nitrogens with one attached hydrogen (secondary N) is 3. The fourth-order valence-corrected chi connectivity index (χ4v) is 2.32. The van der Waals surface area contributed by atoms with E-state index in [1.54, 1.807) is 6.92 Å². The van der Waals surface area contributed by atoms with Crippen molar-refractivity contribution in [1.29, 1.82) is 0 Å². The predicted molar refractivity (Wildman–Crippen MR) is 84.0 cm³/mol. The third-order valence-corrected chi connectivity index (χ3v) is 3.76. The summed E-state index contributed by atoms with van der Waals surface area (Å²) in [7, 11) is 0. The van der Waals surface area contributed by atoms with Crippen LogP contribution < -0.4 is 16.6 Å². The molecule has 1 aromatic rings. The van der Waals surface area contributed by atoms with Crippen LogP contribution in [0.3, 0.4) is 0 Å². The van der Waals surface area contributed by atoms with Crippen molar-refractivity contribution in [2.75, 3.05) is 6.54 Å². The first-order valence-corrected chi connectivity index (χ1v) is 7.42. The lowest BCUT2D eigenvalue weighted by molar-refractivity contribution is -0.121. The summed E-state index contributed by atoms with van der Waals surface area (Å²) >= 11 is 0. The second-order valence-corrected chi connectivity index (χ2v) is 5.50. The van der Waals surface area contributed by atoms with Crippen LogP contribution >= 0.6 is 0 Å². The summed E-state index contributed by atoms with van der Waals surface area (Å²) in [6, 6.07) is 0. The van der Waals surface area contributed by atoms with Gasteiger partial charge in [0.15, 0.2) is 5.66 Å². The molecule has 0 saturated carbocycles. The molecule has 0 aliphatic carbocycles. The zero-order chi connectivity index (χ0) is 16.9. The molecule has 8 heteroatoms. The molecule has 2 rings (SSSR count). The molecular weight excluding hydrogens is 298 g/mol. The lowest BCUT2D eigenvalue weighted by Crippen LogP contribution is -2.30. The second kappa shape index (κ2) is 7.05. The third-order valence-electron chi connectivity index (χ3n) is 3.76. The normalized spacial score (nSPS) is 14.3. The first-order valence-electron chi connectivity index (χ1n) is 7.42. The monoisotopic (exact) mass is 317 g/mol. The molecule has 0 atom stereocenters. The Morgan fingerprint density at radius 2 is 2.04 bits per heavy atom. The van der Waals surface area contributed by atoms with Gasteiger partial charge in [-0.1, -0.05) is 0 Å². The van der Waals surface area contributed by atoms with Crippen molar-refractivity contribution < 1.29 is 4.79 Å². The van der Waals surface area contributed by atoms with Gasteiger partial charge in [-0.25, -0.2) is 4.79 Å². The standard InChI is InChI=1S/C15H19N5O3/c1-3-4-7-15(19-20-15)8-9-16-12(21)6-5-11-10(2)17-14(23)18-13(11)22/h1H,4-9H2,2H3,(H,16,21)(H2,17,18,22,23). The number of aryl methyl sites for hydroxylation is 1. The molecule has 0 saturated heterocycles. The van der Waals surface area contributed by atoms with Gasteiger partial charge in [-0.2, -0.15) is 10.2 Å². The van der Waals surface area contributed by atoms with E-state index < -0.39 is 16.9 Å². The van der Waals surface area contributed by atoms with E-state index in [1.807, 2.05) is 0 Å². The molecule has 0 fully saturated rings.